The van der Waals surface area contributed by atoms with Gasteiger partial charge in [0.1, 0.15) is 6.04 Å². The number of alkyl halides is 3. The highest BCUT2D eigenvalue weighted by Gasteiger charge is 2.39. The first-order valence-electron chi connectivity index (χ1n) is 2.73. The molecule has 5 heteroatoms. The molecule has 62 valence electrons. The molecule has 0 aliphatic rings. The van der Waals surface area contributed by atoms with Crippen molar-refractivity contribution in [2.45, 2.75) is 19.1 Å². The summed E-state index contributed by atoms with van der Waals surface area (Å²) in [5, 5.41) is 0.750. The van der Waals surface area contributed by atoms with Gasteiger partial charge >= 0.3 is 6.18 Å². The van der Waals surface area contributed by atoms with Crippen molar-refractivity contribution in [3.8, 4) is 0 Å². The molecule has 1 unspecified atom stereocenters. The molecule has 0 saturated carbocycles. The fourth-order valence-corrected chi connectivity index (χ4v) is 0.364. The zero-order chi connectivity index (χ0) is 8.36. The summed E-state index contributed by atoms with van der Waals surface area (Å²) in [5.74, 6) is 0. The number of halogens is 3. The van der Waals surface area contributed by atoms with Crippen LogP contribution in [0.1, 0.15) is 6.92 Å². The lowest BCUT2D eigenvalue weighted by molar-refractivity contribution is -0.248. The molecule has 0 radical (unpaired) electrons. The fourth-order valence-electron chi connectivity index (χ4n) is 0.364. The van der Waals surface area contributed by atoms with Crippen molar-refractivity contribution in [1.29, 1.82) is 0 Å². The van der Waals surface area contributed by atoms with E-state index >= 15 is 0 Å². The molecule has 0 rings (SSSR count). The van der Waals surface area contributed by atoms with Gasteiger partial charge in [0, 0.05) is 7.05 Å². The van der Waals surface area contributed by atoms with Crippen molar-refractivity contribution < 1.29 is 18.0 Å². The van der Waals surface area contributed by atoms with Crippen LogP contribution in [0, 0.1) is 0 Å². The molecule has 0 N–H and O–H groups in total. The first-order valence-corrected chi connectivity index (χ1v) is 2.73. The highest BCUT2D eigenvalue weighted by molar-refractivity contribution is 4.65. The highest BCUT2D eigenvalue weighted by atomic mass is 19.4. The summed E-state index contributed by atoms with van der Waals surface area (Å²) in [6, 6.07) is -1.56. The first-order chi connectivity index (χ1) is 4.39. The van der Waals surface area contributed by atoms with E-state index in [4.69, 9.17) is 0 Å². The van der Waals surface area contributed by atoms with Gasteiger partial charge in [-0.3, -0.25) is 0 Å². The Morgan fingerprint density at radius 3 is 1.90 bits per heavy atom. The molecule has 0 amide bonds. The molecule has 0 aliphatic heterocycles. The molecule has 1 atom stereocenters. The topological polar surface area (TPSA) is 12.5 Å². The predicted octanol–water partition coefficient (Wildman–Crippen LogP) is 1.43. The molecule has 0 aliphatic carbocycles. The van der Waals surface area contributed by atoms with Crippen LogP contribution >= 0.6 is 0 Å². The molecule has 0 saturated heterocycles. The molecule has 2 nitrogen and oxygen atoms in total. The quantitative estimate of drug-likeness (QED) is 0.562. The molecule has 0 heterocycles. The van der Waals surface area contributed by atoms with Crippen LogP contribution in [0.25, 0.3) is 0 Å². The minimum Gasteiger partial charge on any atom is -0.302 e. The third kappa shape index (κ3) is 2.53. The average Bonchev–Trinajstić information content (AvgIpc) is 1.83. The van der Waals surface area contributed by atoms with Gasteiger partial charge in [-0.25, -0.2) is 0 Å². The Labute approximate surface area is 57.5 Å². The lowest BCUT2D eigenvalue weighted by Crippen LogP contribution is -2.40. The van der Waals surface area contributed by atoms with E-state index in [1.165, 1.54) is 14.2 Å². The minimum atomic E-state index is -4.22. The van der Waals surface area contributed by atoms with Gasteiger partial charge < -0.3 is 4.84 Å². The van der Waals surface area contributed by atoms with E-state index in [-0.39, 0.29) is 0 Å². The van der Waals surface area contributed by atoms with Gasteiger partial charge in [0.2, 0.25) is 0 Å². The molecule has 0 bridgehead atoms. The average molecular weight is 157 g/mol. The SMILES string of the molecule is CON(C)C(C)C(F)(F)F. The van der Waals surface area contributed by atoms with E-state index < -0.39 is 12.2 Å². The van der Waals surface area contributed by atoms with Crippen molar-refractivity contribution in [2.24, 2.45) is 0 Å². The monoisotopic (exact) mass is 157 g/mol. The summed E-state index contributed by atoms with van der Waals surface area (Å²) in [6.07, 6.45) is -4.22. The maximum atomic E-state index is 11.8. The predicted molar refractivity (Wildman–Crippen MR) is 30.3 cm³/mol. The maximum absolute atomic E-state index is 11.8. The number of nitrogens with zero attached hydrogens (tertiary/aromatic N) is 1. The molecule has 10 heavy (non-hydrogen) atoms. The van der Waals surface area contributed by atoms with Gasteiger partial charge in [-0.15, -0.1) is 0 Å². The zero-order valence-electron chi connectivity index (χ0n) is 6.07. The van der Waals surface area contributed by atoms with E-state index in [1.807, 2.05) is 0 Å². The molecular weight excluding hydrogens is 147 g/mol. The van der Waals surface area contributed by atoms with Crippen LogP contribution < -0.4 is 0 Å². The summed E-state index contributed by atoms with van der Waals surface area (Å²) < 4.78 is 35.3. The second-order valence-corrected chi connectivity index (χ2v) is 1.95. The van der Waals surface area contributed by atoms with Crippen LogP contribution in [0.5, 0.6) is 0 Å². The lowest BCUT2D eigenvalue weighted by atomic mass is 10.3. The molecule has 0 spiro atoms. The second kappa shape index (κ2) is 3.21. The Morgan fingerprint density at radius 1 is 1.40 bits per heavy atom. The molecule has 0 aromatic carbocycles. The Balaban J connectivity index is 3.94. The number of hydroxylamine groups is 2. The smallest absolute Gasteiger partial charge is 0.302 e. The summed E-state index contributed by atoms with van der Waals surface area (Å²) in [5.41, 5.74) is 0. The van der Waals surface area contributed by atoms with Gasteiger partial charge in [0.25, 0.3) is 0 Å². The highest BCUT2D eigenvalue weighted by Crippen LogP contribution is 2.23. The van der Waals surface area contributed by atoms with Crippen LogP contribution in [-0.2, 0) is 4.84 Å². The Hall–Kier alpha value is -0.290. The minimum absolute atomic E-state index is 0.750. The number of rotatable bonds is 2. The van der Waals surface area contributed by atoms with E-state index in [2.05, 4.69) is 4.84 Å². The summed E-state index contributed by atoms with van der Waals surface area (Å²) in [4.78, 5) is 4.35. The van der Waals surface area contributed by atoms with Crippen LogP contribution in [0.2, 0.25) is 0 Å². The van der Waals surface area contributed by atoms with E-state index in [9.17, 15) is 13.2 Å². The van der Waals surface area contributed by atoms with Crippen molar-refractivity contribution >= 4 is 0 Å². The molecule has 0 aromatic rings. The van der Waals surface area contributed by atoms with Crippen LogP contribution in [0.3, 0.4) is 0 Å². The summed E-state index contributed by atoms with van der Waals surface area (Å²) >= 11 is 0. The van der Waals surface area contributed by atoms with Crippen LogP contribution in [0.15, 0.2) is 0 Å². The van der Waals surface area contributed by atoms with E-state index in [0.717, 1.165) is 12.0 Å². The van der Waals surface area contributed by atoms with E-state index in [0.29, 0.717) is 0 Å². The maximum Gasteiger partial charge on any atom is 0.406 e. The van der Waals surface area contributed by atoms with Crippen molar-refractivity contribution in [3.63, 3.8) is 0 Å². The summed E-state index contributed by atoms with van der Waals surface area (Å²) in [7, 11) is 2.43. The summed E-state index contributed by atoms with van der Waals surface area (Å²) in [6.45, 7) is 1.03. The number of hydrogen-bond donors (Lipinski definition) is 0. The van der Waals surface area contributed by atoms with Gasteiger partial charge in [-0.1, -0.05) is 0 Å². The Morgan fingerprint density at radius 2 is 1.80 bits per heavy atom. The standard InChI is InChI=1S/C5H10F3NO/c1-4(5(6,7)8)9(2)10-3/h4H,1-3H3. The van der Waals surface area contributed by atoms with E-state index in [1.54, 1.807) is 0 Å². The van der Waals surface area contributed by atoms with Gasteiger partial charge in [-0.2, -0.15) is 18.2 Å². The lowest BCUT2D eigenvalue weighted by Gasteiger charge is -2.23. The fraction of sp³-hybridized carbons (Fsp3) is 1.00. The zero-order valence-corrected chi connectivity index (χ0v) is 6.07. The Kier molecular flexibility index (Phi) is 3.11. The van der Waals surface area contributed by atoms with Crippen molar-refractivity contribution in [3.05, 3.63) is 0 Å². The second-order valence-electron chi connectivity index (χ2n) is 1.95. The number of hydrogen-bond acceptors (Lipinski definition) is 2. The van der Waals surface area contributed by atoms with Crippen LogP contribution in [-0.4, -0.2) is 31.4 Å². The van der Waals surface area contributed by atoms with Crippen LogP contribution in [0.4, 0.5) is 13.2 Å². The Bertz CT molecular complexity index is 104. The van der Waals surface area contributed by atoms with Crippen molar-refractivity contribution in [1.82, 2.24) is 5.06 Å². The van der Waals surface area contributed by atoms with Gasteiger partial charge in [0.05, 0.1) is 7.11 Å². The molecule has 0 aromatic heterocycles. The van der Waals surface area contributed by atoms with Crippen molar-refractivity contribution in [2.75, 3.05) is 14.2 Å². The van der Waals surface area contributed by atoms with Gasteiger partial charge in [0.15, 0.2) is 0 Å². The normalized spacial score (nSPS) is 15.9. The first kappa shape index (κ1) is 9.71. The third-order valence-corrected chi connectivity index (χ3v) is 1.31. The molecule has 0 fully saturated rings. The third-order valence-electron chi connectivity index (χ3n) is 1.31. The largest absolute Gasteiger partial charge is 0.406 e. The van der Waals surface area contributed by atoms with Gasteiger partial charge in [-0.05, 0) is 6.92 Å². The molecular formula is C5H10F3NO.